The highest BCUT2D eigenvalue weighted by Crippen LogP contribution is 2.26. The summed E-state index contributed by atoms with van der Waals surface area (Å²) < 4.78 is 4.91. The molecule has 1 aromatic rings. The Bertz CT molecular complexity index is 364. The van der Waals surface area contributed by atoms with E-state index in [-0.39, 0.29) is 5.75 Å². The Morgan fingerprint density at radius 2 is 2.27 bits per heavy atom. The van der Waals surface area contributed by atoms with Crippen LogP contribution in [0.4, 0.5) is 0 Å². The van der Waals surface area contributed by atoms with Gasteiger partial charge in [-0.05, 0) is 17.7 Å². The third kappa shape index (κ3) is 2.85. The minimum absolute atomic E-state index is 0.0391. The Kier molecular flexibility index (Phi) is 3.51. The summed E-state index contributed by atoms with van der Waals surface area (Å²) in [5.41, 5.74) is 4.28. The molecular weight excluding hydrogens is 198 g/mol. The van der Waals surface area contributed by atoms with Crippen molar-refractivity contribution >= 4 is 5.97 Å². The second-order valence-electron chi connectivity index (χ2n) is 3.25. The largest absolute Gasteiger partial charge is 0.504 e. The van der Waals surface area contributed by atoms with E-state index in [1.807, 2.05) is 0 Å². The van der Waals surface area contributed by atoms with Gasteiger partial charge in [-0.15, -0.1) is 0 Å². The number of aromatic hydroxyl groups is 1. The highest BCUT2D eigenvalue weighted by Gasteiger charge is 2.16. The summed E-state index contributed by atoms with van der Waals surface area (Å²) in [4.78, 5) is 10.6. The lowest BCUT2D eigenvalue weighted by Crippen LogP contribution is -2.65. The summed E-state index contributed by atoms with van der Waals surface area (Å²) in [5, 5.41) is 18.0. The Morgan fingerprint density at radius 1 is 1.60 bits per heavy atom. The first-order valence-electron chi connectivity index (χ1n) is 4.46. The lowest BCUT2D eigenvalue weighted by Gasteiger charge is -2.07. The van der Waals surface area contributed by atoms with Crippen molar-refractivity contribution in [3.63, 3.8) is 0 Å². The maximum absolute atomic E-state index is 10.6. The van der Waals surface area contributed by atoms with Gasteiger partial charge in [-0.2, -0.15) is 0 Å². The van der Waals surface area contributed by atoms with Crippen LogP contribution in [0.5, 0.6) is 11.5 Å². The third-order valence-electron chi connectivity index (χ3n) is 2.08. The third-order valence-corrected chi connectivity index (χ3v) is 2.08. The van der Waals surface area contributed by atoms with Gasteiger partial charge in [0.1, 0.15) is 0 Å². The van der Waals surface area contributed by atoms with Gasteiger partial charge in [0.25, 0.3) is 0 Å². The number of hydrogen-bond donors (Lipinski definition) is 3. The van der Waals surface area contributed by atoms with Crippen LogP contribution in [0.3, 0.4) is 0 Å². The second-order valence-corrected chi connectivity index (χ2v) is 3.25. The van der Waals surface area contributed by atoms with Crippen LogP contribution >= 0.6 is 0 Å². The summed E-state index contributed by atoms with van der Waals surface area (Å²) in [7, 11) is 1.44. The smallest absolute Gasteiger partial charge is 0.362 e. The molecule has 0 heterocycles. The molecular formula is C10H14NO4+. The van der Waals surface area contributed by atoms with Crippen LogP contribution in [0.15, 0.2) is 18.2 Å². The molecule has 0 radical (unpaired) electrons. The van der Waals surface area contributed by atoms with E-state index in [1.165, 1.54) is 13.2 Å². The van der Waals surface area contributed by atoms with Gasteiger partial charge >= 0.3 is 5.97 Å². The fourth-order valence-corrected chi connectivity index (χ4v) is 1.22. The van der Waals surface area contributed by atoms with Gasteiger partial charge in [0.05, 0.1) is 7.11 Å². The van der Waals surface area contributed by atoms with E-state index in [0.717, 1.165) is 5.56 Å². The zero-order chi connectivity index (χ0) is 11.4. The second kappa shape index (κ2) is 4.65. The lowest BCUT2D eigenvalue weighted by atomic mass is 10.1. The molecule has 1 aromatic carbocycles. The first-order valence-corrected chi connectivity index (χ1v) is 4.46. The van der Waals surface area contributed by atoms with Crippen LogP contribution in [0, 0.1) is 0 Å². The molecule has 0 saturated heterocycles. The predicted octanol–water partition coefficient (Wildman–Crippen LogP) is -0.362. The molecule has 0 aromatic heterocycles. The van der Waals surface area contributed by atoms with Crippen molar-refractivity contribution in [1.82, 2.24) is 0 Å². The van der Waals surface area contributed by atoms with Gasteiger partial charge in [-0.25, -0.2) is 4.79 Å². The van der Waals surface area contributed by atoms with Crippen molar-refractivity contribution in [2.45, 2.75) is 12.5 Å². The Labute approximate surface area is 87.1 Å². The number of rotatable bonds is 4. The van der Waals surface area contributed by atoms with E-state index in [1.54, 1.807) is 12.1 Å². The van der Waals surface area contributed by atoms with E-state index in [9.17, 15) is 9.90 Å². The van der Waals surface area contributed by atoms with E-state index in [4.69, 9.17) is 9.84 Å². The summed E-state index contributed by atoms with van der Waals surface area (Å²) in [5.74, 6) is -0.565. The standard InChI is InChI=1S/C10H13NO4/c1-15-9-5-6(2-3-8(9)12)4-7(11)10(13)14/h2-3,5,7,12H,4,11H2,1H3,(H,13,14)/p+1/t7-/m0/s1. The predicted molar refractivity (Wildman–Crippen MR) is 52.7 cm³/mol. The zero-order valence-electron chi connectivity index (χ0n) is 8.43. The highest BCUT2D eigenvalue weighted by atomic mass is 16.5. The van der Waals surface area contributed by atoms with E-state index < -0.39 is 12.0 Å². The fourth-order valence-electron chi connectivity index (χ4n) is 1.22. The fraction of sp³-hybridized carbons (Fsp3) is 0.300. The number of quaternary nitrogens is 1. The first-order chi connectivity index (χ1) is 7.04. The van der Waals surface area contributed by atoms with Crippen molar-refractivity contribution in [1.29, 1.82) is 0 Å². The maximum Gasteiger partial charge on any atom is 0.362 e. The van der Waals surface area contributed by atoms with Gasteiger partial charge in [-0.1, -0.05) is 6.07 Å². The van der Waals surface area contributed by atoms with Gasteiger partial charge in [0.2, 0.25) is 0 Å². The molecule has 0 bridgehead atoms. The molecule has 0 unspecified atom stereocenters. The van der Waals surface area contributed by atoms with Gasteiger partial charge in [0.15, 0.2) is 17.5 Å². The van der Waals surface area contributed by atoms with Gasteiger partial charge in [0, 0.05) is 6.42 Å². The summed E-state index contributed by atoms with van der Waals surface area (Å²) in [6, 6.07) is 4.04. The molecule has 0 aliphatic heterocycles. The average Bonchev–Trinajstić information content (AvgIpc) is 2.20. The topological polar surface area (TPSA) is 94.4 Å². The number of carboxylic acids is 1. The summed E-state index contributed by atoms with van der Waals surface area (Å²) >= 11 is 0. The Hall–Kier alpha value is -1.75. The van der Waals surface area contributed by atoms with E-state index >= 15 is 0 Å². The quantitative estimate of drug-likeness (QED) is 0.635. The zero-order valence-corrected chi connectivity index (χ0v) is 8.43. The number of benzene rings is 1. The molecule has 0 amide bonds. The molecule has 82 valence electrons. The van der Waals surface area contributed by atoms with Crippen molar-refractivity contribution < 1.29 is 25.5 Å². The minimum Gasteiger partial charge on any atom is -0.504 e. The monoisotopic (exact) mass is 212 g/mol. The number of phenols is 1. The van der Waals surface area contributed by atoms with E-state index in [2.05, 4.69) is 5.73 Å². The number of aliphatic carboxylic acids is 1. The number of carboxylic acid groups (broad SMARTS) is 1. The molecule has 0 spiro atoms. The first kappa shape index (κ1) is 11.3. The number of ether oxygens (including phenoxy) is 1. The average molecular weight is 212 g/mol. The molecule has 0 saturated carbocycles. The lowest BCUT2D eigenvalue weighted by molar-refractivity contribution is -0.407. The molecule has 0 fully saturated rings. The van der Waals surface area contributed by atoms with E-state index in [0.29, 0.717) is 12.2 Å². The van der Waals surface area contributed by atoms with Gasteiger partial charge in [-0.3, -0.25) is 0 Å². The van der Waals surface area contributed by atoms with Crippen molar-refractivity contribution in [3.05, 3.63) is 23.8 Å². The van der Waals surface area contributed by atoms with Crippen molar-refractivity contribution in [2.24, 2.45) is 0 Å². The highest BCUT2D eigenvalue weighted by molar-refractivity contribution is 5.72. The maximum atomic E-state index is 10.6. The van der Waals surface area contributed by atoms with Crippen LogP contribution in [0.2, 0.25) is 0 Å². The number of hydrogen-bond acceptors (Lipinski definition) is 3. The van der Waals surface area contributed by atoms with Crippen LogP contribution in [-0.4, -0.2) is 29.3 Å². The van der Waals surface area contributed by atoms with Crippen LogP contribution in [0.1, 0.15) is 5.56 Å². The molecule has 5 nitrogen and oxygen atoms in total. The molecule has 0 aliphatic carbocycles. The molecule has 0 aliphatic rings. The number of phenolic OH excluding ortho intramolecular Hbond substituents is 1. The molecule has 15 heavy (non-hydrogen) atoms. The number of carbonyl (C=O) groups is 1. The Balaban J connectivity index is 2.83. The Morgan fingerprint density at radius 3 is 2.80 bits per heavy atom. The molecule has 5 N–H and O–H groups in total. The van der Waals surface area contributed by atoms with Crippen LogP contribution in [0.25, 0.3) is 0 Å². The molecule has 1 rings (SSSR count). The van der Waals surface area contributed by atoms with Crippen molar-refractivity contribution in [3.8, 4) is 11.5 Å². The van der Waals surface area contributed by atoms with Crippen LogP contribution in [-0.2, 0) is 11.2 Å². The normalized spacial score (nSPS) is 12.1. The van der Waals surface area contributed by atoms with Gasteiger partial charge < -0.3 is 20.7 Å². The van der Waals surface area contributed by atoms with Crippen molar-refractivity contribution in [2.75, 3.05) is 7.11 Å². The molecule has 1 atom stereocenters. The summed E-state index contributed by atoms with van der Waals surface area (Å²) in [6.07, 6.45) is 0.311. The number of methoxy groups -OCH3 is 1. The summed E-state index contributed by atoms with van der Waals surface area (Å²) in [6.45, 7) is 0. The molecule has 5 heteroatoms. The SMILES string of the molecule is COc1cc(C[C@H]([NH3+])C(=O)O)ccc1O. The van der Waals surface area contributed by atoms with Crippen LogP contribution < -0.4 is 10.5 Å². The minimum atomic E-state index is -0.943.